The van der Waals surface area contributed by atoms with E-state index in [4.69, 9.17) is 4.74 Å². The molecular weight excluding hydrogens is 596 g/mol. The summed E-state index contributed by atoms with van der Waals surface area (Å²) in [4.78, 5) is 0. The minimum Gasteiger partial charge on any atom is -0.372 e. The molecule has 2 aromatic carbocycles. The summed E-state index contributed by atoms with van der Waals surface area (Å²) in [7, 11) is 0. The Hall–Kier alpha value is -1.88. The molecule has 0 unspecified atom stereocenters. The monoisotopic (exact) mass is 654 g/mol. The zero-order chi connectivity index (χ0) is 33.0. The maximum absolute atomic E-state index is 16.0. The molecule has 0 aromatic heterocycles. The van der Waals surface area contributed by atoms with Gasteiger partial charge in [0.1, 0.15) is 0 Å². The van der Waals surface area contributed by atoms with Gasteiger partial charge in [-0.2, -0.15) is 0 Å². The van der Waals surface area contributed by atoms with Crippen molar-refractivity contribution < 1.29 is 22.3 Å². The van der Waals surface area contributed by atoms with Crippen LogP contribution in [0.2, 0.25) is 0 Å². The Kier molecular flexibility index (Phi) is 11.4. The normalized spacial score (nSPS) is 27.9. The summed E-state index contributed by atoms with van der Waals surface area (Å²) in [6, 6.07) is 6.95. The van der Waals surface area contributed by atoms with Gasteiger partial charge in [-0.25, -0.2) is 17.6 Å². The number of benzene rings is 2. The SMILES string of the molecule is CCC1CCC(C2(c3ccc(COCc4ccc(C5(C6CCC(CC)CC6)CCCCC5)c(F)c4F)c(F)c3F)CCCCC2)CC1. The lowest BCUT2D eigenvalue weighted by Gasteiger charge is -2.47. The van der Waals surface area contributed by atoms with E-state index in [1.54, 1.807) is 24.3 Å². The third kappa shape index (κ3) is 6.95. The Balaban J connectivity index is 1.16. The van der Waals surface area contributed by atoms with Crippen molar-refractivity contribution in [1.29, 1.82) is 0 Å². The van der Waals surface area contributed by atoms with Crippen molar-refractivity contribution in [3.63, 3.8) is 0 Å². The molecule has 1 nitrogen and oxygen atoms in total. The van der Waals surface area contributed by atoms with Gasteiger partial charge in [-0.15, -0.1) is 0 Å². The van der Waals surface area contributed by atoms with Crippen LogP contribution < -0.4 is 0 Å². The molecule has 4 aliphatic rings. The molecule has 0 bridgehead atoms. The Morgan fingerprint density at radius 3 is 1.21 bits per heavy atom. The lowest BCUT2D eigenvalue weighted by molar-refractivity contribution is 0.0996. The van der Waals surface area contributed by atoms with Crippen LogP contribution in [0.15, 0.2) is 24.3 Å². The van der Waals surface area contributed by atoms with Crippen LogP contribution in [-0.2, 0) is 28.8 Å². The van der Waals surface area contributed by atoms with Crippen LogP contribution in [0.25, 0.3) is 0 Å². The topological polar surface area (TPSA) is 9.23 Å². The molecule has 0 N–H and O–H groups in total. The second-order valence-electron chi connectivity index (χ2n) is 16.0. The van der Waals surface area contributed by atoms with Crippen molar-refractivity contribution in [2.24, 2.45) is 23.7 Å². The van der Waals surface area contributed by atoms with Crippen LogP contribution in [0.1, 0.15) is 165 Å². The highest BCUT2D eigenvalue weighted by molar-refractivity contribution is 5.35. The zero-order valence-corrected chi connectivity index (χ0v) is 29.1. The maximum Gasteiger partial charge on any atom is 0.164 e. The molecule has 0 radical (unpaired) electrons. The maximum atomic E-state index is 16.0. The summed E-state index contributed by atoms with van der Waals surface area (Å²) in [5, 5.41) is 0. The van der Waals surface area contributed by atoms with Crippen LogP contribution in [0.3, 0.4) is 0 Å². The molecule has 5 heteroatoms. The van der Waals surface area contributed by atoms with Gasteiger partial charge in [0.15, 0.2) is 23.3 Å². The first-order valence-electron chi connectivity index (χ1n) is 19.4. The standard InChI is InChI=1S/C42H58F4O/c1-3-29-11-17-33(18-12-29)41(23-7-5-8-24-41)35-21-15-31(37(43)39(35)45)27-47-28-32-16-22-36(40(46)38(32)44)42(25-9-6-10-26-42)34-19-13-30(4-2)14-20-34/h15-16,21-22,29-30,33-34H,3-14,17-20,23-28H2,1-2H3. The van der Waals surface area contributed by atoms with Gasteiger partial charge in [0.25, 0.3) is 0 Å². The van der Waals surface area contributed by atoms with E-state index in [1.165, 1.54) is 38.5 Å². The molecule has 47 heavy (non-hydrogen) atoms. The molecule has 260 valence electrons. The van der Waals surface area contributed by atoms with E-state index in [2.05, 4.69) is 13.8 Å². The lowest BCUT2D eigenvalue weighted by atomic mass is 9.57. The van der Waals surface area contributed by atoms with Gasteiger partial charge in [-0.3, -0.25) is 0 Å². The van der Waals surface area contributed by atoms with Crippen LogP contribution in [0, 0.1) is 46.9 Å². The van der Waals surface area contributed by atoms with Crippen molar-refractivity contribution in [2.75, 3.05) is 0 Å². The first-order chi connectivity index (χ1) is 22.8. The van der Waals surface area contributed by atoms with E-state index in [-0.39, 0.29) is 35.2 Å². The molecule has 2 aromatic rings. The first-order valence-corrected chi connectivity index (χ1v) is 19.4. The molecule has 0 atom stereocenters. The summed E-state index contributed by atoms with van der Waals surface area (Å²) in [6.07, 6.45) is 21.7. The van der Waals surface area contributed by atoms with Gasteiger partial charge < -0.3 is 4.74 Å². The molecule has 4 saturated carbocycles. The minimum atomic E-state index is -0.853. The average Bonchev–Trinajstić information content (AvgIpc) is 3.12. The zero-order valence-electron chi connectivity index (χ0n) is 29.1. The van der Waals surface area contributed by atoms with Crippen LogP contribution in [0.5, 0.6) is 0 Å². The number of hydrogen-bond donors (Lipinski definition) is 0. The van der Waals surface area contributed by atoms with E-state index in [0.29, 0.717) is 23.0 Å². The number of ether oxygens (including phenoxy) is 1. The van der Waals surface area contributed by atoms with E-state index in [9.17, 15) is 0 Å². The van der Waals surface area contributed by atoms with Crippen molar-refractivity contribution >= 4 is 0 Å². The van der Waals surface area contributed by atoms with E-state index >= 15 is 17.6 Å². The number of hydrogen-bond acceptors (Lipinski definition) is 1. The second kappa shape index (κ2) is 15.3. The van der Waals surface area contributed by atoms with Crippen LogP contribution in [0.4, 0.5) is 17.6 Å². The smallest absolute Gasteiger partial charge is 0.164 e. The molecule has 0 heterocycles. The highest BCUT2D eigenvalue weighted by Gasteiger charge is 2.46. The van der Waals surface area contributed by atoms with Crippen LogP contribution in [-0.4, -0.2) is 0 Å². The fourth-order valence-electron chi connectivity index (χ4n) is 10.8. The first kappa shape index (κ1) is 35.0. The largest absolute Gasteiger partial charge is 0.372 e. The van der Waals surface area contributed by atoms with E-state index < -0.39 is 23.3 Å². The van der Waals surface area contributed by atoms with Crippen LogP contribution >= 0.6 is 0 Å². The Labute approximate surface area is 281 Å². The van der Waals surface area contributed by atoms with E-state index in [0.717, 1.165) is 102 Å². The Morgan fingerprint density at radius 1 is 0.511 bits per heavy atom. The van der Waals surface area contributed by atoms with Gasteiger partial charge >= 0.3 is 0 Å². The lowest BCUT2D eigenvalue weighted by Crippen LogP contribution is -2.40. The Bertz CT molecular complexity index is 1220. The molecule has 0 saturated heterocycles. The molecule has 4 aliphatic carbocycles. The highest BCUT2D eigenvalue weighted by Crippen LogP contribution is 2.53. The summed E-state index contributed by atoms with van der Waals surface area (Å²) >= 11 is 0. The van der Waals surface area contributed by atoms with Gasteiger partial charge in [0.2, 0.25) is 0 Å². The molecule has 0 spiro atoms. The average molecular weight is 655 g/mol. The van der Waals surface area contributed by atoms with Gasteiger partial charge in [0, 0.05) is 22.0 Å². The summed E-state index contributed by atoms with van der Waals surface area (Å²) in [5.74, 6) is -0.899. The summed E-state index contributed by atoms with van der Waals surface area (Å²) in [6.45, 7) is 4.13. The Morgan fingerprint density at radius 2 is 0.872 bits per heavy atom. The quantitative estimate of drug-likeness (QED) is 0.232. The summed E-state index contributed by atoms with van der Waals surface area (Å²) < 4.78 is 69.1. The molecule has 0 amide bonds. The fourth-order valence-corrected chi connectivity index (χ4v) is 10.8. The third-order valence-electron chi connectivity index (χ3n) is 13.8. The molecular formula is C42H58F4O. The number of halogens is 4. The fraction of sp³-hybridized carbons (Fsp3) is 0.714. The van der Waals surface area contributed by atoms with E-state index in [1.807, 2.05) is 0 Å². The van der Waals surface area contributed by atoms with Crippen molar-refractivity contribution in [3.05, 3.63) is 69.8 Å². The number of rotatable bonds is 10. The van der Waals surface area contributed by atoms with Crippen molar-refractivity contribution in [2.45, 2.75) is 166 Å². The second-order valence-corrected chi connectivity index (χ2v) is 16.0. The molecule has 0 aliphatic heterocycles. The summed E-state index contributed by atoms with van der Waals surface area (Å²) in [5.41, 5.74) is 0.758. The minimum absolute atomic E-state index is 0.133. The third-order valence-corrected chi connectivity index (χ3v) is 13.8. The van der Waals surface area contributed by atoms with Gasteiger partial charge in [0.05, 0.1) is 13.2 Å². The molecule has 6 rings (SSSR count). The van der Waals surface area contributed by atoms with Gasteiger partial charge in [-0.05, 0) is 86.2 Å². The molecule has 4 fully saturated rings. The predicted molar refractivity (Wildman–Crippen MR) is 182 cm³/mol. The van der Waals surface area contributed by atoms with Gasteiger partial charge in [-0.1, -0.05) is 115 Å². The van der Waals surface area contributed by atoms with Crippen molar-refractivity contribution in [1.82, 2.24) is 0 Å². The predicted octanol–water partition coefficient (Wildman–Crippen LogP) is 12.8. The van der Waals surface area contributed by atoms with Crippen molar-refractivity contribution in [3.8, 4) is 0 Å². The highest BCUT2D eigenvalue weighted by atomic mass is 19.2.